The van der Waals surface area contributed by atoms with Crippen LogP contribution in [0.3, 0.4) is 0 Å². The van der Waals surface area contributed by atoms with Gasteiger partial charge in [-0.15, -0.1) is 0 Å². The molecule has 0 saturated heterocycles. The molecule has 25 heavy (non-hydrogen) atoms. The number of hydrogen-bond donors (Lipinski definition) is 1. The Morgan fingerprint density at radius 1 is 0.840 bits per heavy atom. The van der Waals surface area contributed by atoms with Crippen molar-refractivity contribution < 1.29 is 13.2 Å². The van der Waals surface area contributed by atoms with E-state index in [0.717, 1.165) is 34.4 Å². The predicted molar refractivity (Wildman–Crippen MR) is 102 cm³/mol. The summed E-state index contributed by atoms with van der Waals surface area (Å²) in [6.07, 6.45) is 1.14. The Morgan fingerprint density at radius 3 is 2.08 bits per heavy atom. The Balaban J connectivity index is 1.80. The molecule has 0 saturated carbocycles. The number of rotatable bonds is 5. The van der Waals surface area contributed by atoms with E-state index in [9.17, 15) is 8.42 Å². The summed E-state index contributed by atoms with van der Waals surface area (Å²) in [6.45, 7) is 1.96. The molecular formula is C20H19NO3S. The topological polar surface area (TPSA) is 55.4 Å². The van der Waals surface area contributed by atoms with Gasteiger partial charge in [-0.2, -0.15) is 0 Å². The molecule has 3 rings (SSSR count). The fraction of sp³-hybridized carbons (Fsp3) is 0.100. The van der Waals surface area contributed by atoms with Gasteiger partial charge in [0.1, 0.15) is 11.5 Å². The highest BCUT2D eigenvalue weighted by Crippen LogP contribution is 2.29. The minimum atomic E-state index is -3.27. The molecule has 0 aliphatic rings. The molecule has 0 aliphatic heterocycles. The van der Waals surface area contributed by atoms with E-state index in [0.29, 0.717) is 5.69 Å². The SMILES string of the molecule is Cc1cc(NS(C)(=O)=O)ccc1-c1ccc(Oc2ccccc2)cc1. The zero-order valence-corrected chi connectivity index (χ0v) is 14.9. The molecule has 0 spiro atoms. The second-order valence-electron chi connectivity index (χ2n) is 5.84. The van der Waals surface area contributed by atoms with E-state index in [1.807, 2.05) is 73.7 Å². The lowest BCUT2D eigenvalue weighted by Gasteiger charge is -2.11. The van der Waals surface area contributed by atoms with E-state index in [-0.39, 0.29) is 0 Å². The zero-order chi connectivity index (χ0) is 17.9. The Bertz CT molecular complexity index is 966. The van der Waals surface area contributed by atoms with Gasteiger partial charge in [0.15, 0.2) is 0 Å². The average Bonchev–Trinajstić information content (AvgIpc) is 2.55. The summed E-state index contributed by atoms with van der Waals surface area (Å²) in [5, 5.41) is 0. The summed E-state index contributed by atoms with van der Waals surface area (Å²) < 4.78 is 30.9. The highest BCUT2D eigenvalue weighted by atomic mass is 32.2. The summed E-state index contributed by atoms with van der Waals surface area (Å²) in [5.74, 6) is 1.56. The van der Waals surface area contributed by atoms with Crippen LogP contribution in [0.5, 0.6) is 11.5 Å². The van der Waals surface area contributed by atoms with Crippen molar-refractivity contribution in [2.24, 2.45) is 0 Å². The lowest BCUT2D eigenvalue weighted by Crippen LogP contribution is -2.09. The maximum atomic E-state index is 11.3. The molecule has 0 aromatic heterocycles. The van der Waals surface area contributed by atoms with Crippen LogP contribution in [-0.4, -0.2) is 14.7 Å². The molecule has 0 unspecified atom stereocenters. The number of nitrogens with one attached hydrogen (secondary N) is 1. The fourth-order valence-corrected chi connectivity index (χ4v) is 3.15. The smallest absolute Gasteiger partial charge is 0.229 e. The monoisotopic (exact) mass is 353 g/mol. The first kappa shape index (κ1) is 17.0. The van der Waals surface area contributed by atoms with Crippen LogP contribution >= 0.6 is 0 Å². The normalized spacial score (nSPS) is 11.1. The Kier molecular flexibility index (Phi) is 4.76. The summed E-state index contributed by atoms with van der Waals surface area (Å²) >= 11 is 0. The second kappa shape index (κ2) is 6.99. The summed E-state index contributed by atoms with van der Waals surface area (Å²) in [6, 6.07) is 22.9. The van der Waals surface area contributed by atoms with Crippen LogP contribution in [0, 0.1) is 6.92 Å². The van der Waals surface area contributed by atoms with Gasteiger partial charge in [-0.05, 0) is 60.0 Å². The van der Waals surface area contributed by atoms with E-state index in [4.69, 9.17) is 4.74 Å². The number of para-hydroxylation sites is 1. The van der Waals surface area contributed by atoms with Gasteiger partial charge in [-0.1, -0.05) is 36.4 Å². The Labute approximate surface area is 148 Å². The fourth-order valence-electron chi connectivity index (χ4n) is 2.59. The van der Waals surface area contributed by atoms with Gasteiger partial charge >= 0.3 is 0 Å². The van der Waals surface area contributed by atoms with Crippen molar-refractivity contribution in [1.29, 1.82) is 0 Å². The van der Waals surface area contributed by atoms with E-state index >= 15 is 0 Å². The molecular weight excluding hydrogens is 334 g/mol. The maximum absolute atomic E-state index is 11.3. The van der Waals surface area contributed by atoms with E-state index < -0.39 is 10.0 Å². The van der Waals surface area contributed by atoms with Gasteiger partial charge in [0.25, 0.3) is 0 Å². The lowest BCUT2D eigenvalue weighted by molar-refractivity contribution is 0.483. The van der Waals surface area contributed by atoms with Crippen LogP contribution in [-0.2, 0) is 10.0 Å². The van der Waals surface area contributed by atoms with Crippen LogP contribution in [0.1, 0.15) is 5.56 Å². The molecule has 3 aromatic carbocycles. The molecule has 0 atom stereocenters. The van der Waals surface area contributed by atoms with Gasteiger partial charge in [0.05, 0.1) is 6.26 Å². The van der Waals surface area contributed by atoms with Gasteiger partial charge < -0.3 is 4.74 Å². The molecule has 5 heteroatoms. The number of anilines is 1. The first-order valence-corrected chi connectivity index (χ1v) is 9.72. The third-order valence-corrected chi connectivity index (χ3v) is 4.28. The molecule has 0 radical (unpaired) electrons. The maximum Gasteiger partial charge on any atom is 0.229 e. The van der Waals surface area contributed by atoms with Crippen LogP contribution in [0.15, 0.2) is 72.8 Å². The van der Waals surface area contributed by atoms with E-state index in [2.05, 4.69) is 4.72 Å². The minimum Gasteiger partial charge on any atom is -0.457 e. The van der Waals surface area contributed by atoms with Gasteiger partial charge in [0.2, 0.25) is 10.0 Å². The number of sulfonamides is 1. The Hall–Kier alpha value is -2.79. The van der Waals surface area contributed by atoms with Crippen molar-refractivity contribution in [1.82, 2.24) is 0 Å². The molecule has 0 fully saturated rings. The van der Waals surface area contributed by atoms with Crippen LogP contribution in [0.25, 0.3) is 11.1 Å². The quantitative estimate of drug-likeness (QED) is 0.715. The standard InChI is InChI=1S/C20H19NO3S/c1-15-14-17(21-25(2,22)23)10-13-20(15)16-8-11-19(12-9-16)24-18-6-4-3-5-7-18/h3-14,21H,1-2H3. The minimum absolute atomic E-state index is 0.563. The van der Waals surface area contributed by atoms with Crippen LogP contribution in [0.2, 0.25) is 0 Å². The van der Waals surface area contributed by atoms with Crippen molar-refractivity contribution in [3.8, 4) is 22.6 Å². The molecule has 0 bridgehead atoms. The van der Waals surface area contributed by atoms with Crippen molar-refractivity contribution in [2.75, 3.05) is 11.0 Å². The number of ether oxygens (including phenoxy) is 1. The lowest BCUT2D eigenvalue weighted by atomic mass is 10.00. The van der Waals surface area contributed by atoms with Crippen molar-refractivity contribution in [2.45, 2.75) is 6.92 Å². The van der Waals surface area contributed by atoms with Crippen molar-refractivity contribution in [3.63, 3.8) is 0 Å². The first-order chi connectivity index (χ1) is 11.9. The van der Waals surface area contributed by atoms with Gasteiger partial charge in [-0.25, -0.2) is 8.42 Å². The largest absolute Gasteiger partial charge is 0.457 e. The molecule has 3 aromatic rings. The molecule has 1 N–H and O–H groups in total. The Morgan fingerprint density at radius 2 is 1.48 bits per heavy atom. The van der Waals surface area contributed by atoms with Crippen LogP contribution < -0.4 is 9.46 Å². The zero-order valence-electron chi connectivity index (χ0n) is 14.1. The third kappa shape index (κ3) is 4.61. The van der Waals surface area contributed by atoms with Crippen molar-refractivity contribution in [3.05, 3.63) is 78.4 Å². The van der Waals surface area contributed by atoms with E-state index in [1.54, 1.807) is 6.07 Å². The molecule has 0 aliphatic carbocycles. The van der Waals surface area contributed by atoms with E-state index in [1.165, 1.54) is 0 Å². The highest BCUT2D eigenvalue weighted by Gasteiger charge is 2.07. The number of aryl methyl sites for hydroxylation is 1. The van der Waals surface area contributed by atoms with Crippen molar-refractivity contribution >= 4 is 15.7 Å². The number of hydrogen-bond acceptors (Lipinski definition) is 3. The molecule has 4 nitrogen and oxygen atoms in total. The molecule has 0 heterocycles. The highest BCUT2D eigenvalue weighted by molar-refractivity contribution is 7.92. The first-order valence-electron chi connectivity index (χ1n) is 7.82. The van der Waals surface area contributed by atoms with Gasteiger partial charge in [-0.3, -0.25) is 4.72 Å². The summed E-state index contributed by atoms with van der Waals surface area (Å²) in [4.78, 5) is 0. The second-order valence-corrected chi connectivity index (χ2v) is 7.59. The number of benzene rings is 3. The predicted octanol–water partition coefficient (Wildman–Crippen LogP) is 4.83. The van der Waals surface area contributed by atoms with Crippen LogP contribution in [0.4, 0.5) is 5.69 Å². The van der Waals surface area contributed by atoms with Gasteiger partial charge in [0, 0.05) is 5.69 Å². The third-order valence-electron chi connectivity index (χ3n) is 3.67. The summed E-state index contributed by atoms with van der Waals surface area (Å²) in [7, 11) is -3.27. The average molecular weight is 353 g/mol. The molecule has 128 valence electrons. The molecule has 0 amide bonds. The summed E-state index contributed by atoms with van der Waals surface area (Å²) in [5.41, 5.74) is 3.65.